The molecular formula is C14H32N2O2S. The normalized spacial score (nSPS) is 14.1. The fourth-order valence-corrected chi connectivity index (χ4v) is 2.92. The van der Waals surface area contributed by atoms with Crippen molar-refractivity contribution in [2.45, 2.75) is 52.7 Å². The van der Waals surface area contributed by atoms with Crippen LogP contribution in [0.3, 0.4) is 0 Å². The number of hydrogen-bond acceptors (Lipinski definition) is 4. The number of nitrogens with two attached hydrogens (primary N) is 1. The van der Waals surface area contributed by atoms with Crippen LogP contribution in [0.15, 0.2) is 0 Å². The van der Waals surface area contributed by atoms with Crippen molar-refractivity contribution in [1.82, 2.24) is 4.90 Å². The zero-order valence-electron chi connectivity index (χ0n) is 13.5. The van der Waals surface area contributed by atoms with Gasteiger partial charge in [0.1, 0.15) is 0 Å². The summed E-state index contributed by atoms with van der Waals surface area (Å²) in [5, 5.41) is 0. The molecule has 0 fully saturated rings. The Hall–Kier alpha value is -0.130. The molecular weight excluding hydrogens is 260 g/mol. The quantitative estimate of drug-likeness (QED) is 0.742. The highest BCUT2D eigenvalue weighted by atomic mass is 32.2. The Balaban J connectivity index is 4.62. The first-order valence-electron chi connectivity index (χ1n) is 7.10. The average molecular weight is 292 g/mol. The van der Waals surface area contributed by atoms with E-state index in [0.717, 1.165) is 19.5 Å². The van der Waals surface area contributed by atoms with Gasteiger partial charge in [0.25, 0.3) is 0 Å². The summed E-state index contributed by atoms with van der Waals surface area (Å²) in [4.78, 5) is 2.22. The molecule has 0 unspecified atom stereocenters. The van der Waals surface area contributed by atoms with Crippen LogP contribution in [0.5, 0.6) is 0 Å². The summed E-state index contributed by atoms with van der Waals surface area (Å²) >= 11 is 0. The van der Waals surface area contributed by atoms with Crippen LogP contribution in [0.4, 0.5) is 0 Å². The lowest BCUT2D eigenvalue weighted by Crippen LogP contribution is -2.42. The summed E-state index contributed by atoms with van der Waals surface area (Å²) in [5.74, 6) is 0.219. The van der Waals surface area contributed by atoms with Crippen molar-refractivity contribution in [1.29, 1.82) is 0 Å². The van der Waals surface area contributed by atoms with Gasteiger partial charge in [-0.1, -0.05) is 20.8 Å². The maximum Gasteiger partial charge on any atom is 0.156 e. The third-order valence-electron chi connectivity index (χ3n) is 3.35. The molecule has 0 saturated carbocycles. The van der Waals surface area contributed by atoms with Gasteiger partial charge in [-0.2, -0.15) is 0 Å². The van der Waals surface area contributed by atoms with Crippen molar-refractivity contribution in [3.05, 3.63) is 0 Å². The Labute approximate surface area is 119 Å². The van der Waals surface area contributed by atoms with Gasteiger partial charge in [-0.15, -0.1) is 0 Å². The van der Waals surface area contributed by atoms with E-state index in [1.54, 1.807) is 20.8 Å². The maximum atomic E-state index is 12.1. The SMILES string of the molecule is CCCN(CCS(=O)(=O)C(C)(C)C)CC(C)(C)CN. The third-order valence-corrected chi connectivity index (χ3v) is 5.94. The predicted molar refractivity (Wildman–Crippen MR) is 83.1 cm³/mol. The van der Waals surface area contributed by atoms with Crippen molar-refractivity contribution in [3.8, 4) is 0 Å². The van der Waals surface area contributed by atoms with Gasteiger partial charge in [0.2, 0.25) is 0 Å². The molecule has 116 valence electrons. The largest absolute Gasteiger partial charge is 0.330 e. The molecule has 0 aliphatic rings. The van der Waals surface area contributed by atoms with Crippen LogP contribution < -0.4 is 5.73 Å². The monoisotopic (exact) mass is 292 g/mol. The zero-order chi connectivity index (χ0) is 15.3. The van der Waals surface area contributed by atoms with Crippen molar-refractivity contribution < 1.29 is 8.42 Å². The van der Waals surface area contributed by atoms with Crippen molar-refractivity contribution in [3.63, 3.8) is 0 Å². The van der Waals surface area contributed by atoms with E-state index in [1.807, 2.05) is 0 Å². The Morgan fingerprint density at radius 3 is 1.95 bits per heavy atom. The smallest absolute Gasteiger partial charge is 0.156 e. The minimum atomic E-state index is -3.05. The molecule has 0 saturated heterocycles. The Kier molecular flexibility index (Phi) is 7.00. The van der Waals surface area contributed by atoms with E-state index < -0.39 is 14.6 Å². The zero-order valence-corrected chi connectivity index (χ0v) is 14.3. The molecule has 0 aromatic heterocycles. The van der Waals surface area contributed by atoms with Gasteiger partial charge >= 0.3 is 0 Å². The molecule has 19 heavy (non-hydrogen) atoms. The second kappa shape index (κ2) is 7.04. The fourth-order valence-electron chi connectivity index (χ4n) is 1.81. The van der Waals surface area contributed by atoms with E-state index in [9.17, 15) is 8.42 Å². The van der Waals surface area contributed by atoms with Gasteiger partial charge in [-0.05, 0) is 45.7 Å². The van der Waals surface area contributed by atoms with E-state index in [-0.39, 0.29) is 11.2 Å². The second-order valence-corrected chi connectivity index (χ2v) is 9.94. The highest BCUT2D eigenvalue weighted by molar-refractivity contribution is 7.92. The summed E-state index contributed by atoms with van der Waals surface area (Å²) in [6, 6.07) is 0. The maximum absolute atomic E-state index is 12.1. The van der Waals surface area contributed by atoms with E-state index in [2.05, 4.69) is 25.7 Å². The van der Waals surface area contributed by atoms with Gasteiger partial charge in [0.15, 0.2) is 9.84 Å². The van der Waals surface area contributed by atoms with Gasteiger partial charge in [-0.25, -0.2) is 8.42 Å². The molecule has 0 spiro atoms. The molecule has 4 nitrogen and oxygen atoms in total. The Morgan fingerprint density at radius 1 is 1.05 bits per heavy atom. The average Bonchev–Trinajstić information content (AvgIpc) is 2.24. The molecule has 0 aromatic carbocycles. The van der Waals surface area contributed by atoms with E-state index in [0.29, 0.717) is 13.1 Å². The molecule has 0 heterocycles. The van der Waals surface area contributed by atoms with E-state index in [1.165, 1.54) is 0 Å². The van der Waals surface area contributed by atoms with Gasteiger partial charge in [0, 0.05) is 13.1 Å². The number of hydrogen-bond donors (Lipinski definition) is 1. The highest BCUT2D eigenvalue weighted by Gasteiger charge is 2.29. The summed E-state index contributed by atoms with van der Waals surface area (Å²) < 4.78 is 23.6. The molecule has 0 aliphatic carbocycles. The van der Waals surface area contributed by atoms with Crippen LogP contribution in [0, 0.1) is 5.41 Å². The minimum absolute atomic E-state index is 0.0284. The summed E-state index contributed by atoms with van der Waals surface area (Å²) in [6.45, 7) is 14.6. The van der Waals surface area contributed by atoms with Crippen LogP contribution >= 0.6 is 0 Å². The van der Waals surface area contributed by atoms with Crippen LogP contribution in [-0.2, 0) is 9.84 Å². The molecule has 0 atom stereocenters. The van der Waals surface area contributed by atoms with E-state index in [4.69, 9.17) is 5.73 Å². The van der Waals surface area contributed by atoms with Crippen LogP contribution in [0.1, 0.15) is 48.0 Å². The molecule has 0 rings (SSSR count). The van der Waals surface area contributed by atoms with Gasteiger partial charge in [-0.3, -0.25) is 0 Å². The second-order valence-electron chi connectivity index (χ2n) is 7.08. The van der Waals surface area contributed by atoms with E-state index >= 15 is 0 Å². The highest BCUT2D eigenvalue weighted by Crippen LogP contribution is 2.18. The topological polar surface area (TPSA) is 63.4 Å². The number of rotatable bonds is 8. The predicted octanol–water partition coefficient (Wildman–Crippen LogP) is 1.90. The van der Waals surface area contributed by atoms with Gasteiger partial charge in [0.05, 0.1) is 10.5 Å². The summed E-state index contributed by atoms with van der Waals surface area (Å²) in [7, 11) is -3.05. The molecule has 2 N–H and O–H groups in total. The lowest BCUT2D eigenvalue weighted by atomic mass is 9.93. The molecule has 0 radical (unpaired) electrons. The summed E-state index contributed by atoms with van der Waals surface area (Å²) in [5.41, 5.74) is 5.79. The van der Waals surface area contributed by atoms with Crippen LogP contribution in [0.25, 0.3) is 0 Å². The minimum Gasteiger partial charge on any atom is -0.330 e. The standard InChI is InChI=1S/C14H32N2O2S/c1-7-8-16(12-14(5,6)11-15)9-10-19(17,18)13(2,3)4/h7-12,15H2,1-6H3. The molecule has 0 amide bonds. The first kappa shape index (κ1) is 18.9. The van der Waals surface area contributed by atoms with Crippen LogP contribution in [0.2, 0.25) is 0 Å². The lowest BCUT2D eigenvalue weighted by Gasteiger charge is -2.32. The summed E-state index contributed by atoms with van der Waals surface area (Å²) in [6.07, 6.45) is 1.02. The van der Waals surface area contributed by atoms with Gasteiger partial charge < -0.3 is 10.6 Å². The third kappa shape index (κ3) is 6.72. The molecule has 5 heteroatoms. The molecule has 0 aromatic rings. The lowest BCUT2D eigenvalue weighted by molar-refractivity contribution is 0.191. The first-order valence-corrected chi connectivity index (χ1v) is 8.75. The van der Waals surface area contributed by atoms with Crippen molar-refractivity contribution >= 4 is 9.84 Å². The Morgan fingerprint density at radius 2 is 1.58 bits per heavy atom. The van der Waals surface area contributed by atoms with Crippen molar-refractivity contribution in [2.75, 3.05) is 31.9 Å². The number of nitrogens with zero attached hydrogens (tertiary/aromatic N) is 1. The number of sulfone groups is 1. The van der Waals surface area contributed by atoms with Crippen molar-refractivity contribution in [2.24, 2.45) is 11.1 Å². The Bertz CT molecular complexity index is 356. The van der Waals surface area contributed by atoms with Crippen LogP contribution in [-0.4, -0.2) is 50.0 Å². The first-order chi connectivity index (χ1) is 8.45. The fraction of sp³-hybridized carbons (Fsp3) is 1.00. The molecule has 0 aliphatic heterocycles. The molecule has 0 bridgehead atoms.